The van der Waals surface area contributed by atoms with Crippen LogP contribution in [-0.2, 0) is 27.2 Å². The van der Waals surface area contributed by atoms with Crippen LogP contribution < -0.4 is 21.5 Å². The molecule has 0 aliphatic carbocycles. The Morgan fingerprint density at radius 2 is 1.64 bits per heavy atom. The number of aliphatic carboxylic acids is 2. The lowest BCUT2D eigenvalue weighted by Crippen LogP contribution is -2.21. The van der Waals surface area contributed by atoms with E-state index in [2.05, 4.69) is 15.4 Å². The Hall–Kier alpha value is -6.22. The van der Waals surface area contributed by atoms with Crippen LogP contribution in [0, 0.1) is 11.2 Å². The van der Waals surface area contributed by atoms with Crippen molar-refractivity contribution >= 4 is 29.4 Å². The number of likely N-dealkylation sites (N-methyl/N-ethyl adjacent to an activating group) is 1. The smallest absolute Gasteiger partial charge is 0.489 e. The average molecular weight is 800 g/mol. The monoisotopic (exact) mass is 799 g/mol. The molecule has 1 unspecified atom stereocenters. The third kappa shape index (κ3) is 13.9. The zero-order valence-electron chi connectivity index (χ0n) is 30.0. The number of aromatic nitrogens is 3. The highest BCUT2D eigenvalue weighted by Gasteiger charge is 2.38. The van der Waals surface area contributed by atoms with Crippen LogP contribution in [0.1, 0.15) is 40.9 Å². The van der Waals surface area contributed by atoms with Gasteiger partial charge >= 0.3 is 30.2 Å². The van der Waals surface area contributed by atoms with Crippen LogP contribution in [0.15, 0.2) is 65.5 Å². The second-order valence-electron chi connectivity index (χ2n) is 11.8. The second-order valence-corrected chi connectivity index (χ2v) is 11.8. The molecule has 21 heteroatoms. The van der Waals surface area contributed by atoms with Gasteiger partial charge in [-0.25, -0.2) is 18.8 Å². The molecule has 0 saturated heterocycles. The molecule has 0 saturated carbocycles. The first-order valence-electron chi connectivity index (χ1n) is 16.2. The number of anilines is 1. The second kappa shape index (κ2) is 21.0. The first kappa shape index (κ1) is 45.9. The number of para-hydroxylation sites is 2. The lowest BCUT2D eigenvalue weighted by molar-refractivity contribution is -0.192. The number of benzene rings is 3. The molecule has 1 aromatic heterocycles. The quantitative estimate of drug-likeness (QED) is 0.0551. The van der Waals surface area contributed by atoms with Gasteiger partial charge in [0, 0.05) is 17.7 Å². The van der Waals surface area contributed by atoms with Gasteiger partial charge in [-0.05, 0) is 56.3 Å². The fraction of sp³-hybridized carbons (Fsp3) is 0.314. The zero-order chi connectivity index (χ0) is 42.3. The highest BCUT2D eigenvalue weighted by molar-refractivity contribution is 5.95. The molecule has 15 nitrogen and oxygen atoms in total. The van der Waals surface area contributed by atoms with E-state index in [-0.39, 0.29) is 41.8 Å². The molecule has 4 rings (SSSR count). The number of nitrogens with two attached hydrogens (primary N) is 1. The number of halogens is 6. The van der Waals surface area contributed by atoms with Gasteiger partial charge in [-0.15, -0.1) is 5.10 Å². The van der Waals surface area contributed by atoms with Crippen LogP contribution in [0.3, 0.4) is 0 Å². The van der Waals surface area contributed by atoms with Gasteiger partial charge in [0.05, 0.1) is 17.3 Å². The molecule has 0 aliphatic heterocycles. The summed E-state index contributed by atoms with van der Waals surface area (Å²) < 4.78 is 76.0. The number of H-pyrrole nitrogens is 1. The van der Waals surface area contributed by atoms with Crippen molar-refractivity contribution in [2.24, 2.45) is 5.73 Å². The standard InChI is InChI=1S/C31H36FN7O4.C2HF3O2.C2H2F2O2/c1-4-19-15-22(28(32)26(17-19)43-14-13-38(2)3)23(16-20-9-11-21(12-10-20)29(33)34)30-36-31(42)39(37-30)25-8-6-5-7-24(25)35-27(41)18-40;3-2(4,5)1(6)7;3-1(4)2(5)6/h5-12,15,17,23,40H,4,13-14,16,18H2,1-3H3,(H3,33,34)(H,35,41)(H,36,37,42);(H,6,7);1H,(H,5,6). The number of hydrogen-bond acceptors (Lipinski definition) is 9. The fourth-order valence-corrected chi connectivity index (χ4v) is 4.60. The predicted octanol–water partition coefficient (Wildman–Crippen LogP) is 3.76. The Kier molecular flexibility index (Phi) is 17.2. The summed E-state index contributed by atoms with van der Waals surface area (Å²) in [5.74, 6) is -6.51. The molecule has 304 valence electrons. The summed E-state index contributed by atoms with van der Waals surface area (Å²) in [5.41, 5.74) is 8.09. The number of alkyl halides is 5. The van der Waals surface area contributed by atoms with Crippen molar-refractivity contribution < 1.29 is 60.8 Å². The Morgan fingerprint density at radius 3 is 2.14 bits per heavy atom. The molecule has 0 radical (unpaired) electrons. The number of hydrogen-bond donors (Lipinski definition) is 7. The van der Waals surface area contributed by atoms with Gasteiger partial charge in [-0.3, -0.25) is 15.2 Å². The van der Waals surface area contributed by atoms with Crippen molar-refractivity contribution in [3.05, 3.63) is 105 Å². The average Bonchev–Trinajstić information content (AvgIpc) is 3.52. The number of carbonyl (C=O) groups excluding carboxylic acids is 1. The molecule has 1 atom stereocenters. The SMILES string of the molecule is CCc1cc(OCCN(C)C)c(F)c(C(Cc2ccc(C(=N)N)cc2)c2nn(-c3ccccc3NC(=O)CO)c(=O)[nH]2)c1.O=C(O)C(F)(F)F.O=C(O)C(F)F. The number of aliphatic hydroxyl groups excluding tert-OH is 1. The van der Waals surface area contributed by atoms with Gasteiger partial charge in [0.1, 0.15) is 24.9 Å². The van der Waals surface area contributed by atoms with Gasteiger partial charge in [0.25, 0.3) is 0 Å². The number of amides is 1. The van der Waals surface area contributed by atoms with Gasteiger partial charge in [-0.2, -0.15) is 26.6 Å². The van der Waals surface area contributed by atoms with Crippen LogP contribution in [0.2, 0.25) is 0 Å². The number of nitrogen functional groups attached to an aromatic ring is 1. The summed E-state index contributed by atoms with van der Waals surface area (Å²) in [6.45, 7) is 2.12. The van der Waals surface area contributed by atoms with E-state index >= 15 is 4.39 Å². The molecule has 0 aliphatic rings. The maximum absolute atomic E-state index is 16.2. The first-order chi connectivity index (χ1) is 26.2. The molecule has 0 bridgehead atoms. The van der Waals surface area contributed by atoms with Crippen LogP contribution in [0.5, 0.6) is 5.75 Å². The van der Waals surface area contributed by atoms with E-state index in [1.807, 2.05) is 25.9 Å². The van der Waals surface area contributed by atoms with E-state index in [9.17, 15) is 36.6 Å². The summed E-state index contributed by atoms with van der Waals surface area (Å²) in [5, 5.41) is 38.4. The number of carbonyl (C=O) groups is 3. The van der Waals surface area contributed by atoms with Gasteiger partial charge in [-0.1, -0.05) is 49.4 Å². The van der Waals surface area contributed by atoms with Crippen molar-refractivity contribution in [2.45, 2.75) is 38.3 Å². The minimum absolute atomic E-state index is 0.0701. The Morgan fingerprint density at radius 1 is 1.05 bits per heavy atom. The van der Waals surface area contributed by atoms with E-state index in [0.717, 1.165) is 15.8 Å². The molecule has 8 N–H and O–H groups in total. The van der Waals surface area contributed by atoms with Gasteiger partial charge in [0.15, 0.2) is 11.6 Å². The van der Waals surface area contributed by atoms with Crippen molar-refractivity contribution in [2.75, 3.05) is 39.2 Å². The number of aliphatic hydroxyl groups is 1. The number of aryl methyl sites for hydroxylation is 1. The topological polar surface area (TPSA) is 237 Å². The first-order valence-corrected chi connectivity index (χ1v) is 16.2. The number of aromatic amines is 1. The number of rotatable bonds is 14. The van der Waals surface area contributed by atoms with Gasteiger partial charge in [0.2, 0.25) is 5.91 Å². The molecule has 1 heterocycles. The molecule has 0 fully saturated rings. The number of carboxylic acid groups (broad SMARTS) is 2. The van der Waals surface area contributed by atoms with Crippen molar-refractivity contribution in [3.63, 3.8) is 0 Å². The van der Waals surface area contributed by atoms with Crippen LogP contribution in [0.25, 0.3) is 5.69 Å². The molecule has 1 amide bonds. The van der Waals surface area contributed by atoms with Crippen molar-refractivity contribution in [3.8, 4) is 11.4 Å². The molecule has 4 aromatic rings. The minimum atomic E-state index is -5.08. The summed E-state index contributed by atoms with van der Waals surface area (Å²) in [6.07, 6.45) is -7.43. The predicted molar refractivity (Wildman–Crippen MR) is 190 cm³/mol. The number of carboxylic acids is 2. The lowest BCUT2D eigenvalue weighted by Gasteiger charge is -2.20. The van der Waals surface area contributed by atoms with E-state index in [0.29, 0.717) is 24.1 Å². The third-order valence-electron chi connectivity index (χ3n) is 7.36. The van der Waals surface area contributed by atoms with Crippen molar-refractivity contribution in [1.29, 1.82) is 5.41 Å². The number of amidine groups is 1. The molecule has 0 spiro atoms. The minimum Gasteiger partial charge on any atom is -0.489 e. The lowest BCUT2D eigenvalue weighted by atomic mass is 9.89. The highest BCUT2D eigenvalue weighted by Crippen LogP contribution is 2.34. The van der Waals surface area contributed by atoms with E-state index in [1.54, 1.807) is 60.7 Å². The summed E-state index contributed by atoms with van der Waals surface area (Å²) in [6, 6.07) is 17.0. The molecule has 3 aromatic carbocycles. The van der Waals surface area contributed by atoms with E-state index in [1.165, 1.54) is 0 Å². The fourth-order valence-electron chi connectivity index (χ4n) is 4.60. The Balaban J connectivity index is 0.000000715. The van der Waals surface area contributed by atoms with E-state index < -0.39 is 54.5 Å². The Labute approximate surface area is 314 Å². The highest BCUT2D eigenvalue weighted by atomic mass is 19.4. The maximum Gasteiger partial charge on any atom is 0.490 e. The van der Waals surface area contributed by atoms with Crippen LogP contribution in [0.4, 0.5) is 32.0 Å². The molecular weight excluding hydrogens is 760 g/mol. The largest absolute Gasteiger partial charge is 0.490 e. The maximum atomic E-state index is 16.2. The Bertz CT molecular complexity index is 2020. The van der Waals surface area contributed by atoms with Crippen molar-refractivity contribution in [1.82, 2.24) is 19.7 Å². The van der Waals surface area contributed by atoms with Gasteiger partial charge < -0.3 is 36.0 Å². The van der Waals surface area contributed by atoms with Crippen LogP contribution >= 0.6 is 0 Å². The van der Waals surface area contributed by atoms with E-state index in [4.69, 9.17) is 35.7 Å². The number of ether oxygens (including phenoxy) is 1. The summed E-state index contributed by atoms with van der Waals surface area (Å²) in [4.78, 5) is 47.7. The zero-order valence-corrected chi connectivity index (χ0v) is 30.0. The summed E-state index contributed by atoms with van der Waals surface area (Å²) >= 11 is 0. The summed E-state index contributed by atoms with van der Waals surface area (Å²) in [7, 11) is 3.81. The number of nitrogens with zero attached hydrogens (tertiary/aromatic N) is 3. The third-order valence-corrected chi connectivity index (χ3v) is 7.36. The molecule has 56 heavy (non-hydrogen) atoms. The van der Waals surface area contributed by atoms with Crippen LogP contribution in [-0.4, -0.2) is 105 Å². The molecular formula is C35H39F6N7O8. The normalized spacial score (nSPS) is 11.5. The number of nitrogens with one attached hydrogen (secondary N) is 3.